The Bertz CT molecular complexity index is 1070. The molecular formula is C21H23ClN6OS. The molecule has 0 aliphatic rings. The molecule has 1 N–H and O–H groups in total. The van der Waals surface area contributed by atoms with Gasteiger partial charge in [-0.2, -0.15) is 10.2 Å². The Labute approximate surface area is 185 Å². The number of benzene rings is 1. The minimum atomic E-state index is -0.224. The Hall–Kier alpha value is -2.71. The molecule has 9 heteroatoms. The number of rotatable bonds is 7. The van der Waals surface area contributed by atoms with Crippen molar-refractivity contribution in [2.24, 2.45) is 5.10 Å². The fourth-order valence-electron chi connectivity index (χ4n) is 2.93. The van der Waals surface area contributed by atoms with Crippen LogP contribution in [-0.4, -0.2) is 37.6 Å². The van der Waals surface area contributed by atoms with Gasteiger partial charge in [0, 0.05) is 27.7 Å². The van der Waals surface area contributed by atoms with Gasteiger partial charge in [-0.15, -0.1) is 0 Å². The van der Waals surface area contributed by atoms with E-state index in [0.717, 1.165) is 33.9 Å². The molecule has 3 rings (SSSR count). The van der Waals surface area contributed by atoms with E-state index in [1.165, 1.54) is 11.8 Å². The molecule has 0 atom stereocenters. The average molecular weight is 443 g/mol. The second-order valence-electron chi connectivity index (χ2n) is 6.85. The van der Waals surface area contributed by atoms with Crippen LogP contribution in [0.4, 0.5) is 0 Å². The molecule has 7 nitrogen and oxygen atoms in total. The molecule has 0 unspecified atom stereocenters. The van der Waals surface area contributed by atoms with Gasteiger partial charge < -0.3 is 0 Å². The maximum absolute atomic E-state index is 12.1. The second kappa shape index (κ2) is 9.86. The summed E-state index contributed by atoms with van der Waals surface area (Å²) in [6.45, 7) is 8.25. The molecule has 30 heavy (non-hydrogen) atoms. The number of thioether (sulfide) groups is 1. The van der Waals surface area contributed by atoms with E-state index in [4.69, 9.17) is 11.6 Å². The van der Waals surface area contributed by atoms with Crippen LogP contribution in [0.3, 0.4) is 0 Å². The van der Waals surface area contributed by atoms with Gasteiger partial charge >= 0.3 is 0 Å². The van der Waals surface area contributed by atoms with Crippen LogP contribution in [0.1, 0.15) is 33.9 Å². The third-order valence-corrected chi connectivity index (χ3v) is 5.61. The number of amides is 1. The molecule has 3 aromatic rings. The summed E-state index contributed by atoms with van der Waals surface area (Å²) in [5.41, 5.74) is 7.94. The summed E-state index contributed by atoms with van der Waals surface area (Å²) in [7, 11) is 0. The highest BCUT2D eigenvalue weighted by atomic mass is 35.5. The van der Waals surface area contributed by atoms with Gasteiger partial charge in [-0.1, -0.05) is 41.6 Å². The van der Waals surface area contributed by atoms with Crippen LogP contribution in [-0.2, 0) is 11.3 Å². The third-order valence-electron chi connectivity index (χ3n) is 4.39. The number of aromatic nitrogens is 4. The first-order chi connectivity index (χ1) is 14.3. The fraction of sp³-hybridized carbons (Fsp3) is 0.286. The first-order valence-corrected chi connectivity index (χ1v) is 10.7. The van der Waals surface area contributed by atoms with Crippen molar-refractivity contribution in [1.82, 2.24) is 25.2 Å². The number of nitrogens with zero attached hydrogens (tertiary/aromatic N) is 5. The SMILES string of the molecule is Cc1cc(C)nc(SCC(=O)N/N=C/c2c(C)nn(Cc3ccccc3Cl)c2C)n1. The summed E-state index contributed by atoms with van der Waals surface area (Å²) in [6, 6.07) is 9.58. The summed E-state index contributed by atoms with van der Waals surface area (Å²) in [4.78, 5) is 20.7. The highest BCUT2D eigenvalue weighted by Gasteiger charge is 2.12. The van der Waals surface area contributed by atoms with Crippen LogP contribution < -0.4 is 5.43 Å². The van der Waals surface area contributed by atoms with Crippen molar-refractivity contribution in [3.8, 4) is 0 Å². The van der Waals surface area contributed by atoms with Gasteiger partial charge in [-0.3, -0.25) is 9.48 Å². The smallest absolute Gasteiger partial charge is 0.250 e. The predicted octanol–water partition coefficient (Wildman–Crippen LogP) is 3.85. The number of aryl methyl sites for hydroxylation is 3. The van der Waals surface area contributed by atoms with Crippen molar-refractivity contribution in [3.05, 3.63) is 69.3 Å². The van der Waals surface area contributed by atoms with Crippen LogP contribution >= 0.6 is 23.4 Å². The monoisotopic (exact) mass is 442 g/mol. The Balaban J connectivity index is 1.60. The van der Waals surface area contributed by atoms with Gasteiger partial charge in [-0.25, -0.2) is 15.4 Å². The molecule has 0 saturated carbocycles. The number of hydrogen-bond acceptors (Lipinski definition) is 6. The molecule has 0 bridgehead atoms. The van der Waals surface area contributed by atoms with E-state index in [-0.39, 0.29) is 11.7 Å². The second-order valence-corrected chi connectivity index (χ2v) is 8.20. The van der Waals surface area contributed by atoms with E-state index in [1.807, 2.05) is 62.7 Å². The zero-order chi connectivity index (χ0) is 21.7. The first kappa shape index (κ1) is 22.0. The standard InChI is InChI=1S/C21H23ClN6OS/c1-13-9-14(2)25-21(24-13)30-12-20(29)26-23-10-18-15(3)27-28(16(18)4)11-17-7-5-6-8-19(17)22/h5-10H,11-12H2,1-4H3,(H,26,29)/b23-10+. The maximum atomic E-state index is 12.1. The number of nitrogens with one attached hydrogen (secondary N) is 1. The van der Waals surface area contributed by atoms with E-state index >= 15 is 0 Å². The molecular weight excluding hydrogens is 420 g/mol. The van der Waals surface area contributed by atoms with Crippen LogP contribution in [0, 0.1) is 27.7 Å². The summed E-state index contributed by atoms with van der Waals surface area (Å²) in [5.74, 6) is -0.0398. The number of carbonyl (C=O) groups excluding carboxylic acids is 1. The topological polar surface area (TPSA) is 85.1 Å². The molecule has 156 valence electrons. The zero-order valence-corrected chi connectivity index (χ0v) is 18.9. The molecule has 1 aromatic carbocycles. The maximum Gasteiger partial charge on any atom is 0.250 e. The van der Waals surface area contributed by atoms with Crippen LogP contribution in [0.25, 0.3) is 0 Å². The lowest BCUT2D eigenvalue weighted by Gasteiger charge is -2.06. The highest BCUT2D eigenvalue weighted by Crippen LogP contribution is 2.19. The van der Waals surface area contributed by atoms with Gasteiger partial charge in [0.05, 0.1) is 24.2 Å². The van der Waals surface area contributed by atoms with Gasteiger partial charge in [0.2, 0.25) is 0 Å². The number of hydrogen-bond donors (Lipinski definition) is 1. The minimum absolute atomic E-state index is 0.184. The summed E-state index contributed by atoms with van der Waals surface area (Å²) in [5, 5.41) is 9.95. The lowest BCUT2D eigenvalue weighted by Crippen LogP contribution is -2.20. The highest BCUT2D eigenvalue weighted by molar-refractivity contribution is 7.99. The summed E-state index contributed by atoms with van der Waals surface area (Å²) >= 11 is 7.54. The van der Waals surface area contributed by atoms with Crippen molar-refractivity contribution in [2.75, 3.05) is 5.75 Å². The quantitative estimate of drug-likeness (QED) is 0.260. The van der Waals surface area contributed by atoms with E-state index in [0.29, 0.717) is 16.7 Å². The molecule has 0 aliphatic heterocycles. The molecule has 0 radical (unpaired) electrons. The minimum Gasteiger partial charge on any atom is -0.272 e. The lowest BCUT2D eigenvalue weighted by molar-refractivity contribution is -0.118. The van der Waals surface area contributed by atoms with E-state index in [2.05, 4.69) is 25.6 Å². The molecule has 0 fully saturated rings. The average Bonchev–Trinajstić information content (AvgIpc) is 2.95. The molecule has 0 spiro atoms. The van der Waals surface area contributed by atoms with Crippen LogP contribution in [0.15, 0.2) is 40.6 Å². The third kappa shape index (κ3) is 5.67. The van der Waals surface area contributed by atoms with Crippen molar-refractivity contribution in [3.63, 3.8) is 0 Å². The van der Waals surface area contributed by atoms with Gasteiger partial charge in [0.25, 0.3) is 5.91 Å². The molecule has 0 saturated heterocycles. The van der Waals surface area contributed by atoms with Gasteiger partial charge in [-0.05, 0) is 45.4 Å². The zero-order valence-electron chi connectivity index (χ0n) is 17.3. The van der Waals surface area contributed by atoms with E-state index in [9.17, 15) is 4.79 Å². The number of halogens is 1. The van der Waals surface area contributed by atoms with Crippen molar-refractivity contribution >= 4 is 35.5 Å². The van der Waals surface area contributed by atoms with Crippen molar-refractivity contribution in [1.29, 1.82) is 0 Å². The largest absolute Gasteiger partial charge is 0.272 e. The number of carbonyl (C=O) groups is 1. The predicted molar refractivity (Wildman–Crippen MR) is 120 cm³/mol. The van der Waals surface area contributed by atoms with E-state index < -0.39 is 0 Å². The fourth-order valence-corrected chi connectivity index (χ4v) is 3.87. The summed E-state index contributed by atoms with van der Waals surface area (Å²) in [6.07, 6.45) is 1.62. The van der Waals surface area contributed by atoms with Crippen LogP contribution in [0.5, 0.6) is 0 Å². The van der Waals surface area contributed by atoms with Gasteiger partial charge in [0.15, 0.2) is 5.16 Å². The molecule has 2 heterocycles. The first-order valence-electron chi connectivity index (χ1n) is 9.38. The Morgan fingerprint density at radius 2 is 1.90 bits per heavy atom. The van der Waals surface area contributed by atoms with E-state index in [1.54, 1.807) is 6.21 Å². The van der Waals surface area contributed by atoms with Crippen molar-refractivity contribution in [2.45, 2.75) is 39.4 Å². The Morgan fingerprint density at radius 3 is 2.60 bits per heavy atom. The van der Waals surface area contributed by atoms with Crippen molar-refractivity contribution < 1.29 is 4.79 Å². The lowest BCUT2D eigenvalue weighted by atomic mass is 10.2. The van der Waals surface area contributed by atoms with Crippen LogP contribution in [0.2, 0.25) is 5.02 Å². The Morgan fingerprint density at radius 1 is 1.20 bits per heavy atom. The molecule has 0 aliphatic carbocycles. The summed E-state index contributed by atoms with van der Waals surface area (Å²) < 4.78 is 1.88. The normalized spacial score (nSPS) is 11.2. The Kier molecular flexibility index (Phi) is 7.23. The molecule has 1 amide bonds. The van der Waals surface area contributed by atoms with Gasteiger partial charge in [0.1, 0.15) is 0 Å². The molecule has 2 aromatic heterocycles. The number of hydrazone groups is 1.